The van der Waals surface area contributed by atoms with Crippen LogP contribution in [-0.2, 0) is 24.2 Å². The highest BCUT2D eigenvalue weighted by atomic mass is 16.1. The maximum Gasteiger partial charge on any atom is 0.225 e. The average molecular weight is 357 g/mol. The summed E-state index contributed by atoms with van der Waals surface area (Å²) >= 11 is 0. The van der Waals surface area contributed by atoms with E-state index in [2.05, 4.69) is 39.5 Å². The molecule has 27 heavy (non-hydrogen) atoms. The van der Waals surface area contributed by atoms with Crippen molar-refractivity contribution in [1.29, 1.82) is 0 Å². The van der Waals surface area contributed by atoms with Gasteiger partial charge in [-0.1, -0.05) is 54.6 Å². The molecule has 0 fully saturated rings. The minimum atomic E-state index is -0.00833. The molecule has 4 rings (SSSR count). The summed E-state index contributed by atoms with van der Waals surface area (Å²) in [5.41, 5.74) is 5.07. The lowest BCUT2D eigenvalue weighted by Gasteiger charge is -2.30. The molecule has 3 aromatic rings. The van der Waals surface area contributed by atoms with Crippen LogP contribution in [0.1, 0.15) is 23.1 Å². The topological polar surface area (TPSA) is 45.2 Å². The lowest BCUT2D eigenvalue weighted by molar-refractivity contribution is -0.116. The van der Waals surface area contributed by atoms with Gasteiger partial charge in [-0.15, -0.1) is 0 Å². The molecule has 0 aliphatic carbocycles. The largest absolute Gasteiger partial charge is 0.366 e. The van der Waals surface area contributed by atoms with E-state index in [1.165, 1.54) is 16.7 Å². The summed E-state index contributed by atoms with van der Waals surface area (Å²) in [6.07, 6.45) is 4.09. The number of rotatable bonds is 5. The van der Waals surface area contributed by atoms with Gasteiger partial charge in [-0.3, -0.25) is 4.79 Å². The summed E-state index contributed by atoms with van der Waals surface area (Å²) in [7, 11) is 0. The quantitative estimate of drug-likeness (QED) is 0.744. The summed E-state index contributed by atoms with van der Waals surface area (Å²) in [6, 6.07) is 22.6. The van der Waals surface area contributed by atoms with Crippen molar-refractivity contribution in [2.75, 3.05) is 16.8 Å². The van der Waals surface area contributed by atoms with E-state index in [9.17, 15) is 4.79 Å². The van der Waals surface area contributed by atoms with E-state index in [1.807, 2.05) is 48.7 Å². The normalized spacial score (nSPS) is 13.1. The SMILES string of the molecule is O=C(CCc1ccccc1)Nc1ccc(N2CCc3ccccc3C2)cn1. The summed E-state index contributed by atoms with van der Waals surface area (Å²) in [4.78, 5) is 18.9. The summed E-state index contributed by atoms with van der Waals surface area (Å²) < 4.78 is 0. The standard InChI is InChI=1S/C23H23N3O/c27-23(13-10-18-6-2-1-3-7-18)25-22-12-11-21(16-24-22)26-15-14-19-8-4-5-9-20(19)17-26/h1-9,11-12,16H,10,13-15,17H2,(H,24,25,27). The maximum atomic E-state index is 12.1. The Labute approximate surface area is 159 Å². The predicted octanol–water partition coefficient (Wildman–Crippen LogP) is 4.22. The Morgan fingerprint density at radius 3 is 2.52 bits per heavy atom. The van der Waals surface area contributed by atoms with Gasteiger partial charge in [-0.05, 0) is 41.7 Å². The highest BCUT2D eigenvalue weighted by Crippen LogP contribution is 2.24. The molecule has 4 nitrogen and oxygen atoms in total. The third-order valence-electron chi connectivity index (χ3n) is 4.99. The average Bonchev–Trinajstić information content (AvgIpc) is 2.73. The number of nitrogens with one attached hydrogen (secondary N) is 1. The Bertz CT molecular complexity index is 906. The van der Waals surface area contributed by atoms with Gasteiger partial charge in [-0.25, -0.2) is 4.98 Å². The molecule has 136 valence electrons. The van der Waals surface area contributed by atoms with Crippen LogP contribution < -0.4 is 10.2 Å². The van der Waals surface area contributed by atoms with Gasteiger partial charge in [0.25, 0.3) is 0 Å². The number of anilines is 2. The smallest absolute Gasteiger partial charge is 0.225 e. The molecule has 0 spiro atoms. The van der Waals surface area contributed by atoms with Crippen LogP contribution >= 0.6 is 0 Å². The number of amides is 1. The number of aryl methyl sites for hydroxylation is 1. The van der Waals surface area contributed by atoms with Crippen LogP contribution in [0, 0.1) is 0 Å². The molecule has 0 saturated heterocycles. The number of hydrogen-bond acceptors (Lipinski definition) is 3. The van der Waals surface area contributed by atoms with Gasteiger partial charge in [0.1, 0.15) is 5.82 Å². The molecule has 0 unspecified atom stereocenters. The van der Waals surface area contributed by atoms with Gasteiger partial charge in [0.05, 0.1) is 11.9 Å². The van der Waals surface area contributed by atoms with Crippen molar-refractivity contribution in [2.45, 2.75) is 25.8 Å². The van der Waals surface area contributed by atoms with Gasteiger partial charge in [0.2, 0.25) is 5.91 Å². The molecular weight excluding hydrogens is 334 g/mol. The maximum absolute atomic E-state index is 12.1. The van der Waals surface area contributed by atoms with Crippen molar-refractivity contribution in [1.82, 2.24) is 4.98 Å². The van der Waals surface area contributed by atoms with Crippen molar-refractivity contribution in [3.63, 3.8) is 0 Å². The fourth-order valence-electron chi connectivity index (χ4n) is 3.47. The first kappa shape index (κ1) is 17.3. The van der Waals surface area contributed by atoms with Gasteiger partial charge >= 0.3 is 0 Å². The summed E-state index contributed by atoms with van der Waals surface area (Å²) in [6.45, 7) is 1.89. The minimum Gasteiger partial charge on any atom is -0.366 e. The third-order valence-corrected chi connectivity index (χ3v) is 4.99. The van der Waals surface area contributed by atoms with Gasteiger partial charge in [0, 0.05) is 19.5 Å². The third kappa shape index (κ3) is 4.34. The highest BCUT2D eigenvalue weighted by Gasteiger charge is 2.16. The number of carbonyl (C=O) groups is 1. The van der Waals surface area contributed by atoms with Crippen LogP contribution in [-0.4, -0.2) is 17.4 Å². The van der Waals surface area contributed by atoms with Crippen molar-refractivity contribution >= 4 is 17.4 Å². The number of aromatic nitrogens is 1. The number of carbonyl (C=O) groups excluding carboxylic acids is 1. The monoisotopic (exact) mass is 357 g/mol. The second-order valence-electron chi connectivity index (χ2n) is 6.88. The van der Waals surface area contributed by atoms with Crippen molar-refractivity contribution in [2.24, 2.45) is 0 Å². The molecule has 1 aromatic heterocycles. The molecule has 0 saturated carbocycles. The first-order chi connectivity index (χ1) is 13.3. The van der Waals surface area contributed by atoms with Crippen LogP contribution in [0.4, 0.5) is 11.5 Å². The van der Waals surface area contributed by atoms with Crippen molar-refractivity contribution < 1.29 is 4.79 Å². The Kier molecular flexibility index (Phi) is 5.15. The zero-order valence-corrected chi connectivity index (χ0v) is 15.3. The molecule has 1 amide bonds. The van der Waals surface area contributed by atoms with E-state index >= 15 is 0 Å². The second-order valence-corrected chi connectivity index (χ2v) is 6.88. The molecule has 0 radical (unpaired) electrons. The molecule has 0 bridgehead atoms. The molecule has 1 N–H and O–H groups in total. The number of fused-ring (bicyclic) bond motifs is 1. The lowest BCUT2D eigenvalue weighted by atomic mass is 10.00. The Morgan fingerprint density at radius 2 is 1.74 bits per heavy atom. The zero-order chi connectivity index (χ0) is 18.5. The Morgan fingerprint density at radius 1 is 0.963 bits per heavy atom. The van der Waals surface area contributed by atoms with Crippen molar-refractivity contribution in [3.05, 3.63) is 89.6 Å². The molecule has 1 aliphatic rings. The summed E-state index contributed by atoms with van der Waals surface area (Å²) in [5, 5.41) is 2.89. The second kappa shape index (κ2) is 8.04. The predicted molar refractivity (Wildman–Crippen MR) is 109 cm³/mol. The van der Waals surface area contributed by atoms with Crippen molar-refractivity contribution in [3.8, 4) is 0 Å². The van der Waals surface area contributed by atoms with Crippen LogP contribution in [0.3, 0.4) is 0 Å². The Balaban J connectivity index is 1.33. The lowest BCUT2D eigenvalue weighted by Crippen LogP contribution is -2.30. The van der Waals surface area contributed by atoms with Crippen LogP contribution in [0.15, 0.2) is 72.9 Å². The fraction of sp³-hybridized carbons (Fsp3) is 0.217. The van der Waals surface area contributed by atoms with Gasteiger partial charge < -0.3 is 10.2 Å². The molecule has 2 aromatic carbocycles. The van der Waals surface area contributed by atoms with Crippen LogP contribution in [0.5, 0.6) is 0 Å². The van der Waals surface area contributed by atoms with Gasteiger partial charge in [0.15, 0.2) is 0 Å². The zero-order valence-electron chi connectivity index (χ0n) is 15.3. The van der Waals surface area contributed by atoms with Gasteiger partial charge in [-0.2, -0.15) is 0 Å². The minimum absolute atomic E-state index is 0.00833. The highest BCUT2D eigenvalue weighted by molar-refractivity contribution is 5.89. The molecular formula is C23H23N3O. The van der Waals surface area contributed by atoms with E-state index in [-0.39, 0.29) is 5.91 Å². The van der Waals surface area contributed by atoms with E-state index in [0.29, 0.717) is 12.2 Å². The number of hydrogen-bond donors (Lipinski definition) is 1. The Hall–Kier alpha value is -3.14. The van der Waals surface area contributed by atoms with E-state index in [4.69, 9.17) is 0 Å². The molecule has 4 heteroatoms. The van der Waals surface area contributed by atoms with E-state index in [1.54, 1.807) is 0 Å². The summed E-state index contributed by atoms with van der Waals surface area (Å²) in [5.74, 6) is 0.597. The van der Waals surface area contributed by atoms with Crippen LogP contribution in [0.2, 0.25) is 0 Å². The molecule has 2 heterocycles. The van der Waals surface area contributed by atoms with E-state index < -0.39 is 0 Å². The number of benzene rings is 2. The first-order valence-corrected chi connectivity index (χ1v) is 9.39. The first-order valence-electron chi connectivity index (χ1n) is 9.39. The molecule has 1 aliphatic heterocycles. The fourth-order valence-corrected chi connectivity index (χ4v) is 3.47. The number of nitrogens with zero attached hydrogens (tertiary/aromatic N) is 2. The van der Waals surface area contributed by atoms with Crippen LogP contribution in [0.25, 0.3) is 0 Å². The number of pyridine rings is 1. The van der Waals surface area contributed by atoms with E-state index in [0.717, 1.165) is 31.6 Å². The molecule has 0 atom stereocenters.